The van der Waals surface area contributed by atoms with Crippen LogP contribution in [0, 0.1) is 0 Å². The Morgan fingerprint density at radius 1 is 1.35 bits per heavy atom. The van der Waals surface area contributed by atoms with Crippen molar-refractivity contribution in [3.63, 3.8) is 0 Å². The summed E-state index contributed by atoms with van der Waals surface area (Å²) in [6.07, 6.45) is 4.47. The predicted octanol–water partition coefficient (Wildman–Crippen LogP) is 2.11. The number of hydrogen-bond acceptors (Lipinski definition) is 5. The average Bonchev–Trinajstić information content (AvgIpc) is 3.05. The van der Waals surface area contributed by atoms with Crippen molar-refractivity contribution in [1.82, 2.24) is 14.5 Å². The molecule has 0 spiro atoms. The van der Waals surface area contributed by atoms with E-state index in [1.165, 1.54) is 0 Å². The van der Waals surface area contributed by atoms with Crippen molar-refractivity contribution in [2.24, 2.45) is 0 Å². The van der Waals surface area contributed by atoms with E-state index < -0.39 is 0 Å². The van der Waals surface area contributed by atoms with Gasteiger partial charge >= 0.3 is 0 Å². The van der Waals surface area contributed by atoms with Crippen molar-refractivity contribution in [3.05, 3.63) is 42.0 Å². The lowest BCUT2D eigenvalue weighted by molar-refractivity contribution is 0.0416. The Bertz CT molecular complexity index is 789. The molecule has 138 valence electrons. The first-order valence-electron chi connectivity index (χ1n) is 9.04. The molecule has 1 unspecified atom stereocenters. The molecule has 26 heavy (non-hydrogen) atoms. The van der Waals surface area contributed by atoms with E-state index in [2.05, 4.69) is 9.55 Å². The topological polar surface area (TPSA) is 65.8 Å². The van der Waals surface area contributed by atoms with Gasteiger partial charge in [-0.15, -0.1) is 0 Å². The van der Waals surface area contributed by atoms with E-state index >= 15 is 0 Å². The van der Waals surface area contributed by atoms with Crippen molar-refractivity contribution >= 4 is 5.91 Å². The van der Waals surface area contributed by atoms with Crippen LogP contribution in [0.2, 0.25) is 0 Å². The first-order chi connectivity index (χ1) is 12.8. The molecule has 2 aliphatic heterocycles. The number of carbonyl (C=O) groups excluding carboxylic acids is 1. The molecule has 7 heteroatoms. The fourth-order valence-electron chi connectivity index (χ4n) is 3.49. The molecular weight excluding hydrogens is 334 g/mol. The molecule has 0 saturated heterocycles. The van der Waals surface area contributed by atoms with Gasteiger partial charge in [-0.05, 0) is 25.5 Å². The molecule has 0 saturated carbocycles. The second-order valence-electron chi connectivity index (χ2n) is 6.44. The second kappa shape index (κ2) is 7.37. The molecule has 1 aromatic carbocycles. The first kappa shape index (κ1) is 16.9. The second-order valence-corrected chi connectivity index (χ2v) is 6.44. The Morgan fingerprint density at radius 2 is 2.23 bits per heavy atom. The zero-order valence-corrected chi connectivity index (χ0v) is 14.9. The summed E-state index contributed by atoms with van der Waals surface area (Å²) in [4.78, 5) is 19.5. The van der Waals surface area contributed by atoms with Crippen LogP contribution >= 0.6 is 0 Å². The molecule has 0 N–H and O–H groups in total. The maximum absolute atomic E-state index is 13.4. The highest BCUT2D eigenvalue weighted by molar-refractivity contribution is 5.98. The van der Waals surface area contributed by atoms with Gasteiger partial charge < -0.3 is 23.7 Å². The van der Waals surface area contributed by atoms with E-state index in [4.69, 9.17) is 14.2 Å². The molecule has 1 atom stereocenters. The molecule has 2 aliphatic rings. The van der Waals surface area contributed by atoms with Crippen LogP contribution in [0.4, 0.5) is 0 Å². The maximum atomic E-state index is 13.4. The minimum absolute atomic E-state index is 0.00251. The number of amides is 1. The Labute approximate surface area is 152 Å². The Morgan fingerprint density at radius 3 is 3.12 bits per heavy atom. The maximum Gasteiger partial charge on any atom is 0.258 e. The van der Waals surface area contributed by atoms with Gasteiger partial charge in [0, 0.05) is 19.3 Å². The van der Waals surface area contributed by atoms with Gasteiger partial charge in [-0.25, -0.2) is 4.98 Å². The van der Waals surface area contributed by atoms with Crippen LogP contribution in [0.15, 0.2) is 30.7 Å². The van der Waals surface area contributed by atoms with Crippen molar-refractivity contribution in [1.29, 1.82) is 0 Å². The highest BCUT2D eigenvalue weighted by atomic mass is 16.6. The number of rotatable bonds is 4. The van der Waals surface area contributed by atoms with Crippen molar-refractivity contribution < 1.29 is 19.0 Å². The average molecular weight is 357 g/mol. The van der Waals surface area contributed by atoms with Gasteiger partial charge in [0.1, 0.15) is 13.2 Å². The summed E-state index contributed by atoms with van der Waals surface area (Å²) in [7, 11) is 0. The normalized spacial score (nSPS) is 19.0. The third kappa shape index (κ3) is 3.14. The number of ether oxygens (including phenoxy) is 3. The van der Waals surface area contributed by atoms with Gasteiger partial charge in [-0.1, -0.05) is 6.07 Å². The summed E-state index contributed by atoms with van der Waals surface area (Å²) in [5, 5.41) is 0. The molecular formula is C19H23N3O4. The molecule has 4 rings (SSSR count). The minimum Gasteiger partial charge on any atom is -0.486 e. The van der Waals surface area contributed by atoms with Gasteiger partial charge in [0.15, 0.2) is 11.5 Å². The number of aryl methyl sites for hydroxylation is 1. The van der Waals surface area contributed by atoms with Crippen LogP contribution in [0.3, 0.4) is 0 Å². The number of nitrogens with zero attached hydrogens (tertiary/aromatic N) is 3. The largest absolute Gasteiger partial charge is 0.486 e. The summed E-state index contributed by atoms with van der Waals surface area (Å²) < 4.78 is 19.1. The van der Waals surface area contributed by atoms with E-state index in [1.807, 2.05) is 36.5 Å². The van der Waals surface area contributed by atoms with Crippen LogP contribution in [-0.4, -0.2) is 52.8 Å². The number of para-hydroxylation sites is 1. The van der Waals surface area contributed by atoms with Gasteiger partial charge in [0.05, 0.1) is 36.8 Å². The number of aromatic nitrogens is 2. The zero-order chi connectivity index (χ0) is 17.9. The van der Waals surface area contributed by atoms with Gasteiger partial charge in [0.25, 0.3) is 5.91 Å². The zero-order valence-electron chi connectivity index (χ0n) is 14.9. The molecule has 0 fully saturated rings. The lowest BCUT2D eigenvalue weighted by Crippen LogP contribution is -2.42. The quantitative estimate of drug-likeness (QED) is 0.838. The van der Waals surface area contributed by atoms with Crippen molar-refractivity contribution in [2.75, 3.05) is 26.4 Å². The van der Waals surface area contributed by atoms with E-state index in [0.717, 1.165) is 18.7 Å². The standard InChI is InChI=1S/C19H23N3O4/c1-2-24-12-14-6-7-21-13-20-10-15(21)11-22(14)19(23)16-4-3-5-17-18(16)26-9-8-25-17/h3-5,10,13-14H,2,6-9,11-12H2,1H3. The number of benzene rings is 1. The molecule has 0 bridgehead atoms. The third-order valence-corrected chi connectivity index (χ3v) is 4.85. The van der Waals surface area contributed by atoms with Crippen LogP contribution in [0.1, 0.15) is 29.4 Å². The number of carbonyl (C=O) groups is 1. The van der Waals surface area contributed by atoms with Crippen LogP contribution in [0.5, 0.6) is 11.5 Å². The Hall–Kier alpha value is -2.54. The molecule has 2 aromatic rings. The fraction of sp³-hybridized carbons (Fsp3) is 0.474. The lowest BCUT2D eigenvalue weighted by atomic mass is 10.1. The predicted molar refractivity (Wildman–Crippen MR) is 94.4 cm³/mol. The summed E-state index contributed by atoms with van der Waals surface area (Å²) in [5.41, 5.74) is 1.57. The van der Waals surface area contributed by atoms with Crippen LogP contribution in [-0.2, 0) is 17.8 Å². The summed E-state index contributed by atoms with van der Waals surface area (Å²) in [5.74, 6) is 1.10. The Kier molecular flexibility index (Phi) is 4.79. The van der Waals surface area contributed by atoms with E-state index in [0.29, 0.717) is 50.0 Å². The van der Waals surface area contributed by atoms with E-state index in [-0.39, 0.29) is 11.9 Å². The first-order valence-corrected chi connectivity index (χ1v) is 9.04. The SMILES string of the molecule is CCOCC1CCn2cncc2CN1C(=O)c1cccc2c1OCCO2. The van der Waals surface area contributed by atoms with E-state index in [9.17, 15) is 4.79 Å². The van der Waals surface area contributed by atoms with Crippen LogP contribution < -0.4 is 9.47 Å². The van der Waals surface area contributed by atoms with Crippen molar-refractivity contribution in [2.45, 2.75) is 32.5 Å². The molecule has 1 amide bonds. The summed E-state index contributed by atoms with van der Waals surface area (Å²) in [6.45, 7) is 5.39. The third-order valence-electron chi connectivity index (χ3n) is 4.85. The highest BCUT2D eigenvalue weighted by Crippen LogP contribution is 2.35. The highest BCUT2D eigenvalue weighted by Gasteiger charge is 2.31. The summed E-state index contributed by atoms with van der Waals surface area (Å²) in [6, 6.07) is 5.47. The van der Waals surface area contributed by atoms with Gasteiger partial charge in [0.2, 0.25) is 0 Å². The fourth-order valence-corrected chi connectivity index (χ4v) is 3.49. The van der Waals surface area contributed by atoms with Gasteiger partial charge in [-0.2, -0.15) is 0 Å². The van der Waals surface area contributed by atoms with E-state index in [1.54, 1.807) is 6.07 Å². The number of hydrogen-bond donors (Lipinski definition) is 0. The Balaban J connectivity index is 1.67. The molecule has 7 nitrogen and oxygen atoms in total. The molecule has 0 aliphatic carbocycles. The smallest absolute Gasteiger partial charge is 0.258 e. The number of fused-ring (bicyclic) bond motifs is 2. The monoisotopic (exact) mass is 357 g/mol. The minimum atomic E-state index is -0.0632. The molecule has 3 heterocycles. The van der Waals surface area contributed by atoms with Crippen LogP contribution in [0.25, 0.3) is 0 Å². The van der Waals surface area contributed by atoms with Gasteiger partial charge in [-0.3, -0.25) is 4.79 Å². The lowest BCUT2D eigenvalue weighted by Gasteiger charge is -2.31. The van der Waals surface area contributed by atoms with Crippen molar-refractivity contribution in [3.8, 4) is 11.5 Å². The molecule has 0 radical (unpaired) electrons. The molecule has 1 aromatic heterocycles. The summed E-state index contributed by atoms with van der Waals surface area (Å²) >= 11 is 0. The number of imidazole rings is 1.